The molecule has 0 N–H and O–H groups in total. The maximum Gasteiger partial charge on any atom is 2.00 e. The minimum absolute atomic E-state index is 0. The van der Waals surface area contributed by atoms with E-state index >= 15 is 0 Å². The van der Waals surface area contributed by atoms with E-state index in [1.54, 1.807) is 0 Å². The molecule has 0 amide bonds. The summed E-state index contributed by atoms with van der Waals surface area (Å²) in [5, 5.41) is 0. The van der Waals surface area contributed by atoms with Gasteiger partial charge in [0.25, 0.3) is 0 Å². The molecule has 0 fully saturated rings. The Balaban J connectivity index is 0. The topological polar surface area (TPSA) is 1710 Å². The number of rotatable bonds is 0. The van der Waals surface area contributed by atoms with E-state index in [1.165, 1.54) is 0 Å². The van der Waals surface area contributed by atoms with Crippen molar-refractivity contribution in [2.45, 2.75) is 0 Å². The van der Waals surface area contributed by atoms with Gasteiger partial charge in [-0.15, -0.1) is 0 Å². The van der Waals surface area contributed by atoms with E-state index in [0.29, 0.717) is 0 Å². The van der Waals surface area contributed by atoms with E-state index in [0.717, 1.165) is 0 Å². The first-order valence-electron chi connectivity index (χ1n) is 0. The standard InChI is InChI=1S/60O.20Zn/q60*-2;20*+2. The molecule has 0 aromatic rings. The van der Waals surface area contributed by atoms with Crippen molar-refractivity contribution in [3.63, 3.8) is 0 Å². The smallest absolute Gasteiger partial charge is 2.00 e. The van der Waals surface area contributed by atoms with Crippen molar-refractivity contribution in [2.75, 3.05) is 0 Å². The van der Waals surface area contributed by atoms with Crippen molar-refractivity contribution in [1.82, 2.24) is 0 Å². The SMILES string of the molecule is [O-2].[O-2].[O-2].[O-2].[O-2].[O-2].[O-2].[O-2].[O-2].[O-2].[O-2].[O-2].[O-2].[O-2].[O-2].[O-2].[O-2].[O-2].[O-2].[O-2].[O-2].[O-2].[O-2].[O-2].[O-2].[O-2].[O-2].[O-2].[O-2].[O-2].[O-2].[O-2].[O-2].[O-2].[O-2].[O-2].[O-2].[O-2].[O-2].[O-2].[O-2].[O-2].[O-2].[O-2].[O-2].[O-2].[O-2].[O-2].[O-2].[O-2].[O-2].[O-2].[O-2].[O-2].[O-2].[O-2].[O-2].[O-2].[O-2].[O-2].[Zn+2].[Zn+2].[Zn+2].[Zn+2].[Zn+2].[Zn+2].[Zn+2].[Zn+2].[Zn+2].[Zn+2].[Zn+2].[Zn+2].[Zn+2].[Zn+2].[Zn+2].[Zn+2].[Zn+2].[Zn+2].[Zn+2].[Zn+2]. The van der Waals surface area contributed by atoms with Crippen molar-refractivity contribution in [2.24, 2.45) is 0 Å². The molecular weight excluding hydrogens is 2270 g/mol. The van der Waals surface area contributed by atoms with Gasteiger partial charge in [0.05, 0.1) is 0 Å². The summed E-state index contributed by atoms with van der Waals surface area (Å²) in [5.74, 6) is 0. The van der Waals surface area contributed by atoms with E-state index in [1.807, 2.05) is 0 Å². The van der Waals surface area contributed by atoms with E-state index in [2.05, 4.69) is 0 Å². The molecule has 0 aromatic heterocycles. The molecule has 0 saturated carbocycles. The normalized spacial score (nSPS) is 0. The van der Waals surface area contributed by atoms with Crippen LogP contribution in [-0.2, 0) is 718 Å². The fourth-order valence-corrected chi connectivity index (χ4v) is 0. The summed E-state index contributed by atoms with van der Waals surface area (Å²) in [6.07, 6.45) is 0. The third kappa shape index (κ3) is 6590. The van der Waals surface area contributed by atoms with E-state index in [4.69, 9.17) is 0 Å². The Morgan fingerprint density at radius 2 is 0.0250 bits per heavy atom. The predicted octanol–water partition coefficient (Wildman–Crippen LogP) is -7.18. The fourth-order valence-electron chi connectivity index (χ4n) is 0. The third-order valence-electron chi connectivity index (χ3n) is 0. The van der Waals surface area contributed by atoms with Crippen LogP contribution < -0.4 is 0 Å². The van der Waals surface area contributed by atoms with Gasteiger partial charge in [-0.1, -0.05) is 0 Å². The molecule has 0 aliphatic rings. The monoisotopic (exact) mass is 2240 g/mol. The molecule has 0 bridgehead atoms. The molecule has 0 radical (unpaired) electrons. The largest absolute Gasteiger partial charge is 2.00 e. The Bertz CT molecular complexity index is 64.9. The van der Waals surface area contributed by atoms with Gasteiger partial charge in [0, 0.05) is 0 Å². The first-order chi connectivity index (χ1) is 0. The molecule has 0 aliphatic heterocycles. The molecule has 0 unspecified atom stereocenters. The Kier molecular flexibility index (Phi) is 601000. The minimum Gasteiger partial charge on any atom is -2.00 e. The van der Waals surface area contributed by atoms with Gasteiger partial charge < -0.3 is 329 Å². The summed E-state index contributed by atoms with van der Waals surface area (Å²) in [4.78, 5) is 0. The average molecular weight is 2270 g/mol. The van der Waals surface area contributed by atoms with Crippen molar-refractivity contribution in [3.05, 3.63) is 0 Å². The molecule has 0 aromatic carbocycles. The summed E-state index contributed by atoms with van der Waals surface area (Å²) in [7, 11) is 0. The Morgan fingerprint density at radius 1 is 0.0250 bits per heavy atom. The molecule has 0 rings (SSSR count). The summed E-state index contributed by atoms with van der Waals surface area (Å²) >= 11 is 0. The fraction of sp³-hybridized carbons (Fsp3) is 0. The van der Waals surface area contributed by atoms with Gasteiger partial charge >= 0.3 is 390 Å². The molecule has 480 valence electrons. The zero-order valence-corrected chi connectivity index (χ0v) is 98.0. The minimum atomic E-state index is 0. The second-order valence-electron chi connectivity index (χ2n) is 0. The zero-order chi connectivity index (χ0) is 0. The molecule has 60 nitrogen and oxygen atoms in total. The van der Waals surface area contributed by atoms with Gasteiger partial charge in [-0.05, 0) is 0 Å². The number of hydrogen-bond donors (Lipinski definition) is 0. The zero-order valence-electron chi connectivity index (χ0n) is 38.6. The van der Waals surface area contributed by atoms with Gasteiger partial charge in [0.15, 0.2) is 0 Å². The molecule has 0 aliphatic carbocycles. The summed E-state index contributed by atoms with van der Waals surface area (Å²) in [5.41, 5.74) is 0. The van der Waals surface area contributed by atoms with Crippen LogP contribution in [-0.4, -0.2) is 0 Å². The predicted molar refractivity (Wildman–Crippen MR) is 41.2 cm³/mol. The maximum atomic E-state index is 0. The Morgan fingerprint density at radius 3 is 0.0250 bits per heavy atom. The van der Waals surface area contributed by atoms with Gasteiger partial charge in [-0.25, -0.2) is 0 Å². The molecular formula is O60Zn20-80. The Hall–Kier alpha value is 10.1. The van der Waals surface area contributed by atoms with Crippen LogP contribution in [0.4, 0.5) is 0 Å². The van der Waals surface area contributed by atoms with Crippen molar-refractivity contribution in [1.29, 1.82) is 0 Å². The van der Waals surface area contributed by atoms with Crippen LogP contribution in [0.1, 0.15) is 0 Å². The first-order valence-corrected chi connectivity index (χ1v) is 0. The first kappa shape index (κ1) is 7050. The average Bonchev–Trinajstić information content (AvgIpc) is 0. The molecule has 0 atom stereocenters. The quantitative estimate of drug-likeness (QED) is 0.204. The third-order valence-corrected chi connectivity index (χ3v) is 0. The van der Waals surface area contributed by atoms with Crippen LogP contribution in [0.5, 0.6) is 0 Å². The summed E-state index contributed by atoms with van der Waals surface area (Å²) in [6, 6.07) is 0. The van der Waals surface area contributed by atoms with Crippen LogP contribution >= 0.6 is 0 Å². The van der Waals surface area contributed by atoms with Crippen molar-refractivity contribution in [3.8, 4) is 0 Å². The van der Waals surface area contributed by atoms with Crippen LogP contribution in [0.3, 0.4) is 0 Å². The summed E-state index contributed by atoms with van der Waals surface area (Å²) in [6.45, 7) is 0. The molecule has 0 spiro atoms. The van der Waals surface area contributed by atoms with Crippen LogP contribution in [0, 0.1) is 0 Å². The van der Waals surface area contributed by atoms with Crippen LogP contribution in [0.25, 0.3) is 0 Å². The number of hydrogen-bond acceptors (Lipinski definition) is 0. The van der Waals surface area contributed by atoms with Gasteiger partial charge in [-0.2, -0.15) is 0 Å². The molecule has 0 saturated heterocycles. The van der Waals surface area contributed by atoms with Crippen molar-refractivity contribution >= 4 is 0 Å². The van der Waals surface area contributed by atoms with E-state index in [9.17, 15) is 0 Å². The second-order valence-corrected chi connectivity index (χ2v) is 0. The van der Waals surface area contributed by atoms with Gasteiger partial charge in [-0.3, -0.25) is 0 Å². The van der Waals surface area contributed by atoms with Crippen LogP contribution in [0.2, 0.25) is 0 Å². The van der Waals surface area contributed by atoms with Gasteiger partial charge in [0.1, 0.15) is 0 Å². The van der Waals surface area contributed by atoms with Gasteiger partial charge in [0.2, 0.25) is 0 Å². The van der Waals surface area contributed by atoms with E-state index in [-0.39, 0.29) is 718 Å². The van der Waals surface area contributed by atoms with Crippen LogP contribution in [0.15, 0.2) is 0 Å². The second kappa shape index (κ2) is 6820. The van der Waals surface area contributed by atoms with Crippen molar-refractivity contribution < 1.29 is 718 Å². The molecule has 80 heteroatoms. The summed E-state index contributed by atoms with van der Waals surface area (Å²) < 4.78 is 0. The molecule has 0 heterocycles. The Labute approximate surface area is 708 Å². The maximum absolute atomic E-state index is 0. The molecule has 80 heavy (non-hydrogen) atoms. The van der Waals surface area contributed by atoms with E-state index < -0.39 is 0 Å².